The van der Waals surface area contributed by atoms with Crippen LogP contribution in [0.15, 0.2) is 35.1 Å². The largest absolute Gasteiger partial charge is 0.384 e. The van der Waals surface area contributed by atoms with Crippen LogP contribution in [0.4, 0.5) is 11.5 Å². The molecule has 1 aromatic carbocycles. The van der Waals surface area contributed by atoms with E-state index < -0.39 is 17.4 Å². The van der Waals surface area contributed by atoms with Gasteiger partial charge in [0.25, 0.3) is 17.4 Å². The van der Waals surface area contributed by atoms with E-state index in [1.807, 2.05) is 30.9 Å². The highest BCUT2D eigenvalue weighted by molar-refractivity contribution is 6.23. The summed E-state index contributed by atoms with van der Waals surface area (Å²) in [5.41, 5.74) is 7.11. The van der Waals surface area contributed by atoms with Crippen molar-refractivity contribution in [2.75, 3.05) is 36.8 Å². The highest BCUT2D eigenvalue weighted by Gasteiger charge is 2.32. The van der Waals surface area contributed by atoms with Gasteiger partial charge in [0.2, 0.25) is 5.91 Å². The van der Waals surface area contributed by atoms with Crippen LogP contribution < -0.4 is 21.5 Å². The van der Waals surface area contributed by atoms with Gasteiger partial charge in [0.05, 0.1) is 16.8 Å². The Balaban J connectivity index is 1.52. The molecule has 0 unspecified atom stereocenters. The normalized spacial score (nSPS) is 16.0. The molecular formula is C22H25N5O4. The van der Waals surface area contributed by atoms with Crippen molar-refractivity contribution in [2.45, 2.75) is 20.3 Å². The van der Waals surface area contributed by atoms with E-state index in [0.717, 1.165) is 24.8 Å². The van der Waals surface area contributed by atoms with E-state index in [4.69, 9.17) is 5.73 Å². The number of nitrogens with zero attached hydrogens (tertiary/aromatic N) is 3. The number of nitrogens with one attached hydrogen (secondary N) is 1. The molecule has 0 spiro atoms. The molecular weight excluding hydrogens is 398 g/mol. The van der Waals surface area contributed by atoms with Crippen molar-refractivity contribution in [3.63, 3.8) is 0 Å². The molecule has 1 fully saturated rings. The van der Waals surface area contributed by atoms with Crippen molar-refractivity contribution in [2.24, 2.45) is 5.92 Å². The number of nitrogen functional groups attached to an aromatic ring is 1. The first-order valence-corrected chi connectivity index (χ1v) is 10.3. The number of anilines is 2. The zero-order chi connectivity index (χ0) is 22.3. The lowest BCUT2D eigenvalue weighted by molar-refractivity contribution is -0.132. The van der Waals surface area contributed by atoms with Gasteiger partial charge in [-0.05, 0) is 30.2 Å². The Labute approximate surface area is 179 Å². The van der Waals surface area contributed by atoms with Crippen LogP contribution in [-0.4, -0.2) is 53.4 Å². The molecule has 162 valence electrons. The average molecular weight is 423 g/mol. The predicted molar refractivity (Wildman–Crippen MR) is 116 cm³/mol. The van der Waals surface area contributed by atoms with Crippen molar-refractivity contribution in [3.8, 4) is 5.69 Å². The van der Waals surface area contributed by atoms with Gasteiger partial charge in [0.15, 0.2) is 0 Å². The number of carbonyl (C=O) groups is 3. The molecule has 3 amide bonds. The molecule has 3 heterocycles. The Hall–Kier alpha value is -3.62. The quantitative estimate of drug-likeness (QED) is 0.709. The SMILES string of the molecule is CC(C)CC(=O)N1CCN(c2ccc(-n3c(N)c4c(cc3=O)C(=O)NC4=O)cc2)CC1. The number of nitrogens with two attached hydrogens (primary N) is 1. The summed E-state index contributed by atoms with van der Waals surface area (Å²) >= 11 is 0. The zero-order valence-corrected chi connectivity index (χ0v) is 17.6. The molecule has 2 aromatic rings. The van der Waals surface area contributed by atoms with Gasteiger partial charge >= 0.3 is 0 Å². The minimum absolute atomic E-state index is 0.00487. The molecule has 2 aliphatic rings. The number of fused-ring (bicyclic) bond motifs is 1. The van der Waals surface area contributed by atoms with Crippen LogP contribution in [0.2, 0.25) is 0 Å². The maximum atomic E-state index is 12.6. The van der Waals surface area contributed by atoms with Gasteiger partial charge in [-0.2, -0.15) is 0 Å². The monoisotopic (exact) mass is 423 g/mol. The third-order valence-corrected chi connectivity index (χ3v) is 5.64. The zero-order valence-electron chi connectivity index (χ0n) is 17.6. The summed E-state index contributed by atoms with van der Waals surface area (Å²) in [6, 6.07) is 8.40. The van der Waals surface area contributed by atoms with Crippen molar-refractivity contribution in [1.82, 2.24) is 14.8 Å². The number of benzene rings is 1. The van der Waals surface area contributed by atoms with E-state index in [-0.39, 0.29) is 22.9 Å². The summed E-state index contributed by atoms with van der Waals surface area (Å²) in [5, 5.41) is 2.16. The number of piperazine rings is 1. The van der Waals surface area contributed by atoms with Gasteiger partial charge in [0, 0.05) is 44.4 Å². The summed E-state index contributed by atoms with van der Waals surface area (Å²) in [7, 11) is 0. The van der Waals surface area contributed by atoms with Crippen molar-refractivity contribution in [1.29, 1.82) is 0 Å². The second-order valence-electron chi connectivity index (χ2n) is 8.26. The maximum Gasteiger partial charge on any atom is 0.262 e. The summed E-state index contributed by atoms with van der Waals surface area (Å²) in [6.07, 6.45) is 0.565. The van der Waals surface area contributed by atoms with Gasteiger partial charge in [-0.15, -0.1) is 0 Å². The minimum Gasteiger partial charge on any atom is -0.384 e. The second kappa shape index (κ2) is 7.90. The first-order valence-electron chi connectivity index (χ1n) is 10.3. The molecule has 31 heavy (non-hydrogen) atoms. The van der Waals surface area contributed by atoms with Crippen LogP contribution in [-0.2, 0) is 4.79 Å². The Morgan fingerprint density at radius 1 is 1.00 bits per heavy atom. The van der Waals surface area contributed by atoms with E-state index in [1.165, 1.54) is 4.57 Å². The van der Waals surface area contributed by atoms with Crippen LogP contribution in [0, 0.1) is 5.92 Å². The molecule has 1 saturated heterocycles. The number of imide groups is 1. The highest BCUT2D eigenvalue weighted by Crippen LogP contribution is 2.24. The standard InChI is InChI=1S/C22H25N5O4/c1-13(2)11-17(28)26-9-7-25(8-10-26)14-3-5-15(6-4-14)27-18(29)12-16-19(20(27)23)22(31)24-21(16)30/h3-6,12-13H,7-11,23H2,1-2H3,(H,24,30,31). The van der Waals surface area contributed by atoms with Crippen LogP contribution in [0.5, 0.6) is 0 Å². The molecule has 1 aromatic heterocycles. The van der Waals surface area contributed by atoms with Gasteiger partial charge < -0.3 is 15.5 Å². The first-order chi connectivity index (χ1) is 14.8. The predicted octanol–water partition coefficient (Wildman–Crippen LogP) is 0.998. The molecule has 0 atom stereocenters. The minimum atomic E-state index is -0.614. The van der Waals surface area contributed by atoms with Crippen LogP contribution in [0.3, 0.4) is 0 Å². The number of hydrogen-bond acceptors (Lipinski definition) is 6. The molecule has 0 radical (unpaired) electrons. The molecule has 9 nitrogen and oxygen atoms in total. The molecule has 2 aliphatic heterocycles. The maximum absolute atomic E-state index is 12.6. The molecule has 0 aliphatic carbocycles. The van der Waals surface area contributed by atoms with E-state index in [1.54, 1.807) is 12.1 Å². The summed E-state index contributed by atoms with van der Waals surface area (Å²) in [6.45, 7) is 6.89. The third-order valence-electron chi connectivity index (χ3n) is 5.64. The van der Waals surface area contributed by atoms with Crippen molar-refractivity contribution in [3.05, 3.63) is 51.8 Å². The smallest absolute Gasteiger partial charge is 0.262 e. The van der Waals surface area contributed by atoms with Crippen molar-refractivity contribution < 1.29 is 14.4 Å². The molecule has 0 saturated carbocycles. The summed E-state index contributed by atoms with van der Waals surface area (Å²) in [5.74, 6) is -0.739. The lowest BCUT2D eigenvalue weighted by Crippen LogP contribution is -2.49. The van der Waals surface area contributed by atoms with Gasteiger partial charge in [-0.3, -0.25) is 29.1 Å². The van der Waals surface area contributed by atoms with Gasteiger partial charge in [-0.25, -0.2) is 0 Å². The summed E-state index contributed by atoms with van der Waals surface area (Å²) in [4.78, 5) is 52.7. The fraction of sp³-hybridized carbons (Fsp3) is 0.364. The van der Waals surface area contributed by atoms with Crippen LogP contribution in [0.1, 0.15) is 41.0 Å². The lowest BCUT2D eigenvalue weighted by atomic mass is 10.1. The van der Waals surface area contributed by atoms with E-state index in [9.17, 15) is 19.2 Å². The van der Waals surface area contributed by atoms with Gasteiger partial charge in [0.1, 0.15) is 5.82 Å². The Bertz CT molecular complexity index is 1110. The Morgan fingerprint density at radius 3 is 2.23 bits per heavy atom. The molecule has 0 bridgehead atoms. The lowest BCUT2D eigenvalue weighted by Gasteiger charge is -2.36. The number of carbonyl (C=O) groups excluding carboxylic acids is 3. The van der Waals surface area contributed by atoms with Crippen LogP contribution in [0.25, 0.3) is 5.69 Å². The number of rotatable bonds is 4. The molecule has 9 heteroatoms. The fourth-order valence-corrected chi connectivity index (χ4v) is 4.05. The van der Waals surface area contributed by atoms with Gasteiger partial charge in [-0.1, -0.05) is 13.8 Å². The number of pyridine rings is 1. The Morgan fingerprint density at radius 2 is 1.61 bits per heavy atom. The fourth-order valence-electron chi connectivity index (χ4n) is 4.05. The third kappa shape index (κ3) is 3.78. The van der Waals surface area contributed by atoms with E-state index in [2.05, 4.69) is 10.2 Å². The Kier molecular flexibility index (Phi) is 5.26. The van der Waals surface area contributed by atoms with Crippen molar-refractivity contribution >= 4 is 29.2 Å². The first kappa shape index (κ1) is 20.6. The molecule has 3 N–H and O–H groups in total. The molecule has 4 rings (SSSR count). The highest BCUT2D eigenvalue weighted by atomic mass is 16.2. The average Bonchev–Trinajstić information content (AvgIpc) is 3.01. The number of amides is 3. The topological polar surface area (TPSA) is 118 Å². The van der Waals surface area contributed by atoms with Crippen LogP contribution >= 0.6 is 0 Å². The van der Waals surface area contributed by atoms with E-state index >= 15 is 0 Å². The number of aromatic nitrogens is 1. The van der Waals surface area contributed by atoms with E-state index in [0.29, 0.717) is 31.1 Å². The summed E-state index contributed by atoms with van der Waals surface area (Å²) < 4.78 is 1.23. The number of hydrogen-bond donors (Lipinski definition) is 2. The second-order valence-corrected chi connectivity index (χ2v) is 8.26.